The highest BCUT2D eigenvalue weighted by Crippen LogP contribution is 2.15. The summed E-state index contributed by atoms with van der Waals surface area (Å²) in [7, 11) is 0. The second-order valence-corrected chi connectivity index (χ2v) is 3.31. The van der Waals surface area contributed by atoms with Crippen LogP contribution in [0.2, 0.25) is 5.02 Å². The Labute approximate surface area is 77.3 Å². The average molecular weight is 187 g/mol. The smallest absolute Gasteiger partial charge is 0.139 e. The van der Waals surface area contributed by atoms with Crippen LogP contribution in [0.4, 0.5) is 0 Å². The van der Waals surface area contributed by atoms with E-state index in [0.717, 1.165) is 10.8 Å². The van der Waals surface area contributed by atoms with Crippen molar-refractivity contribution >= 4 is 11.6 Å². The Morgan fingerprint density at radius 3 is 2.50 bits per heavy atom. The Morgan fingerprint density at radius 1 is 1.42 bits per heavy atom. The summed E-state index contributed by atoms with van der Waals surface area (Å²) < 4.78 is 5.40. The maximum Gasteiger partial charge on any atom is 0.139 e. The molecule has 0 aromatic heterocycles. The quantitative estimate of drug-likeness (QED) is 0.760. The first-order valence-electron chi connectivity index (χ1n) is 3.90. The molecule has 0 spiro atoms. The molecule has 66 valence electrons. The highest BCUT2D eigenvalue weighted by molar-refractivity contribution is 6.30. The van der Waals surface area contributed by atoms with Gasteiger partial charge in [-0.1, -0.05) is 11.6 Å². The molecule has 0 bridgehead atoms. The molecule has 0 fully saturated rings. The van der Waals surface area contributed by atoms with Crippen LogP contribution in [0.15, 0.2) is 24.3 Å². The van der Waals surface area contributed by atoms with Crippen molar-refractivity contribution in [1.29, 1.82) is 0 Å². The number of hydrogen-bond acceptors (Lipinski definition) is 1. The number of halogens is 1. The van der Waals surface area contributed by atoms with Crippen LogP contribution in [0.3, 0.4) is 0 Å². The van der Waals surface area contributed by atoms with Gasteiger partial charge in [0.05, 0.1) is 0 Å². The van der Waals surface area contributed by atoms with E-state index in [1.807, 2.05) is 31.2 Å². The zero-order chi connectivity index (χ0) is 8.97. The van der Waals surface area contributed by atoms with Crippen LogP contribution in [-0.2, 0) is 0 Å². The summed E-state index contributed by atoms with van der Waals surface area (Å²) in [6.07, 6.45) is 0. The minimum absolute atomic E-state index is 0.306. The van der Waals surface area contributed by atoms with Crippen LogP contribution < -0.4 is 10.5 Å². The first-order valence-corrected chi connectivity index (χ1v) is 4.27. The second-order valence-electron chi connectivity index (χ2n) is 2.87. The van der Waals surface area contributed by atoms with E-state index >= 15 is 0 Å². The lowest BCUT2D eigenvalue weighted by molar-refractivity contribution is -0.417. The molecular weight excluding hydrogens is 174 g/mol. The number of benzene rings is 1. The van der Waals surface area contributed by atoms with Crippen LogP contribution >= 0.6 is 11.6 Å². The molecule has 0 unspecified atom stereocenters. The van der Waals surface area contributed by atoms with E-state index in [9.17, 15) is 0 Å². The van der Waals surface area contributed by atoms with Crippen LogP contribution in [0.5, 0.6) is 5.75 Å². The van der Waals surface area contributed by atoms with Gasteiger partial charge in [-0.15, -0.1) is 0 Å². The molecule has 3 heteroatoms. The molecule has 0 heterocycles. The van der Waals surface area contributed by atoms with Gasteiger partial charge in [0.25, 0.3) is 0 Å². The number of hydrogen-bond donors (Lipinski definition) is 1. The maximum absolute atomic E-state index is 5.71. The number of ether oxygens (including phenoxy) is 1. The SMILES string of the molecule is C[C@H]([NH3+])COc1ccc(Cl)cc1. The van der Waals surface area contributed by atoms with Gasteiger partial charge in [0, 0.05) is 5.02 Å². The van der Waals surface area contributed by atoms with Gasteiger partial charge >= 0.3 is 0 Å². The van der Waals surface area contributed by atoms with Gasteiger partial charge in [-0.3, -0.25) is 0 Å². The Bertz CT molecular complexity index is 233. The molecule has 0 saturated carbocycles. The first-order chi connectivity index (χ1) is 5.68. The summed E-state index contributed by atoms with van der Waals surface area (Å²) >= 11 is 5.71. The highest BCUT2D eigenvalue weighted by atomic mass is 35.5. The van der Waals surface area contributed by atoms with E-state index in [1.165, 1.54) is 0 Å². The van der Waals surface area contributed by atoms with Gasteiger partial charge in [0.2, 0.25) is 0 Å². The van der Waals surface area contributed by atoms with Crippen LogP contribution in [-0.4, -0.2) is 12.6 Å². The summed E-state index contributed by atoms with van der Waals surface area (Å²) in [6, 6.07) is 7.63. The topological polar surface area (TPSA) is 36.9 Å². The second kappa shape index (κ2) is 4.33. The maximum atomic E-state index is 5.71. The lowest BCUT2D eigenvalue weighted by atomic mass is 10.3. The summed E-state index contributed by atoms with van der Waals surface area (Å²) in [5.41, 5.74) is 3.82. The molecule has 0 radical (unpaired) electrons. The average Bonchev–Trinajstić information content (AvgIpc) is 2.03. The van der Waals surface area contributed by atoms with Crippen LogP contribution in [0, 0.1) is 0 Å². The van der Waals surface area contributed by atoms with Crippen molar-refractivity contribution in [1.82, 2.24) is 0 Å². The predicted molar refractivity (Wildman–Crippen MR) is 49.3 cm³/mol. The Morgan fingerprint density at radius 2 is 2.00 bits per heavy atom. The molecule has 0 aliphatic heterocycles. The largest absolute Gasteiger partial charge is 0.487 e. The zero-order valence-electron chi connectivity index (χ0n) is 7.09. The fourth-order valence-corrected chi connectivity index (χ4v) is 0.895. The van der Waals surface area contributed by atoms with E-state index in [4.69, 9.17) is 16.3 Å². The van der Waals surface area contributed by atoms with Gasteiger partial charge in [0.15, 0.2) is 0 Å². The third kappa shape index (κ3) is 3.11. The molecule has 0 amide bonds. The van der Waals surface area contributed by atoms with Crippen LogP contribution in [0.25, 0.3) is 0 Å². The van der Waals surface area contributed by atoms with E-state index in [1.54, 1.807) is 0 Å². The number of rotatable bonds is 3. The van der Waals surface area contributed by atoms with E-state index in [2.05, 4.69) is 5.73 Å². The minimum Gasteiger partial charge on any atom is -0.487 e. The van der Waals surface area contributed by atoms with Gasteiger partial charge in [-0.25, -0.2) is 0 Å². The normalized spacial score (nSPS) is 12.6. The lowest BCUT2D eigenvalue weighted by Crippen LogP contribution is -2.61. The molecule has 12 heavy (non-hydrogen) atoms. The van der Waals surface area contributed by atoms with Crippen molar-refractivity contribution in [3.63, 3.8) is 0 Å². The van der Waals surface area contributed by atoms with Gasteiger partial charge in [-0.05, 0) is 31.2 Å². The number of quaternary nitrogens is 1. The minimum atomic E-state index is 0.306. The van der Waals surface area contributed by atoms with Gasteiger partial charge in [-0.2, -0.15) is 0 Å². The fourth-order valence-electron chi connectivity index (χ4n) is 0.769. The molecule has 1 rings (SSSR count). The highest BCUT2D eigenvalue weighted by Gasteiger charge is 1.98. The zero-order valence-corrected chi connectivity index (χ0v) is 7.84. The Balaban J connectivity index is 2.48. The van der Waals surface area contributed by atoms with Crippen molar-refractivity contribution in [2.24, 2.45) is 0 Å². The Kier molecular flexibility index (Phi) is 3.38. The standard InChI is InChI=1S/C9H12ClNO/c1-7(11)6-12-9-4-2-8(10)3-5-9/h2-5,7H,6,11H2,1H3/p+1/t7-/m0/s1. The van der Waals surface area contributed by atoms with Crippen molar-refractivity contribution < 1.29 is 10.5 Å². The molecule has 1 aromatic carbocycles. The van der Waals surface area contributed by atoms with Crippen molar-refractivity contribution in [2.75, 3.05) is 6.61 Å². The molecule has 3 N–H and O–H groups in total. The van der Waals surface area contributed by atoms with Crippen molar-refractivity contribution in [3.05, 3.63) is 29.3 Å². The molecule has 0 saturated heterocycles. The molecule has 1 aromatic rings. The fraction of sp³-hybridized carbons (Fsp3) is 0.333. The first kappa shape index (κ1) is 9.36. The molecule has 2 nitrogen and oxygen atoms in total. The summed E-state index contributed by atoms with van der Waals surface area (Å²) in [5.74, 6) is 0.843. The Hall–Kier alpha value is -0.730. The van der Waals surface area contributed by atoms with E-state index < -0.39 is 0 Å². The van der Waals surface area contributed by atoms with Crippen LogP contribution in [0.1, 0.15) is 6.92 Å². The summed E-state index contributed by atoms with van der Waals surface area (Å²) in [4.78, 5) is 0. The van der Waals surface area contributed by atoms with E-state index in [-0.39, 0.29) is 0 Å². The van der Waals surface area contributed by atoms with Crippen molar-refractivity contribution in [2.45, 2.75) is 13.0 Å². The third-order valence-electron chi connectivity index (χ3n) is 1.35. The lowest BCUT2D eigenvalue weighted by Gasteiger charge is -2.05. The van der Waals surface area contributed by atoms with Crippen molar-refractivity contribution in [3.8, 4) is 5.75 Å². The van der Waals surface area contributed by atoms with Gasteiger partial charge in [0.1, 0.15) is 18.4 Å². The van der Waals surface area contributed by atoms with Gasteiger partial charge < -0.3 is 10.5 Å². The monoisotopic (exact) mass is 186 g/mol. The molecule has 0 aliphatic carbocycles. The summed E-state index contributed by atoms with van der Waals surface area (Å²) in [6.45, 7) is 2.65. The predicted octanol–water partition coefficient (Wildman–Crippen LogP) is 1.35. The molecular formula is C9H13ClNO+. The molecule has 1 atom stereocenters. The van der Waals surface area contributed by atoms with E-state index in [0.29, 0.717) is 12.6 Å². The third-order valence-corrected chi connectivity index (χ3v) is 1.60. The molecule has 0 aliphatic rings. The summed E-state index contributed by atoms with van der Waals surface area (Å²) in [5, 5.41) is 0.727.